The Balaban J connectivity index is 1.97. The summed E-state index contributed by atoms with van der Waals surface area (Å²) in [6, 6.07) is 6.77. The number of rotatable bonds is 2. The van der Waals surface area contributed by atoms with E-state index in [1.165, 1.54) is 11.8 Å². The molecule has 4 heteroatoms. The van der Waals surface area contributed by atoms with Crippen molar-refractivity contribution in [1.29, 1.82) is 0 Å². The van der Waals surface area contributed by atoms with Gasteiger partial charge in [-0.25, -0.2) is 0 Å². The van der Waals surface area contributed by atoms with Crippen LogP contribution in [0, 0.1) is 11.8 Å². The molecule has 20 heavy (non-hydrogen) atoms. The molecule has 0 unspecified atom stereocenters. The summed E-state index contributed by atoms with van der Waals surface area (Å²) in [5.41, 5.74) is 1.06. The van der Waals surface area contributed by atoms with Crippen LogP contribution >= 0.6 is 0 Å². The van der Waals surface area contributed by atoms with Crippen LogP contribution < -0.4 is 4.90 Å². The molecule has 2 fully saturated rings. The quantitative estimate of drug-likeness (QED) is 0.613. The highest BCUT2D eigenvalue weighted by Gasteiger charge is 2.48. The Morgan fingerprint density at radius 1 is 1.10 bits per heavy atom. The standard InChI is InChI=1S/C16H17NO3/c1-10(18)11-5-4-6-12(9-11)17-15(19)13-7-2-3-8-14(13)16(17)20/h4-6,9,13-14H,2-3,7-8H2,1H3/t13-,14+. The summed E-state index contributed by atoms with van der Waals surface area (Å²) >= 11 is 0. The number of anilines is 1. The summed E-state index contributed by atoms with van der Waals surface area (Å²) in [6.45, 7) is 1.48. The van der Waals surface area contributed by atoms with Gasteiger partial charge in [-0.2, -0.15) is 0 Å². The number of fused-ring (bicyclic) bond motifs is 1. The summed E-state index contributed by atoms with van der Waals surface area (Å²) in [7, 11) is 0. The second-order valence-electron chi connectivity index (χ2n) is 5.62. The Labute approximate surface area is 117 Å². The number of hydrogen-bond acceptors (Lipinski definition) is 3. The molecule has 0 aromatic heterocycles. The normalized spacial score (nSPS) is 25.8. The van der Waals surface area contributed by atoms with E-state index in [-0.39, 0.29) is 29.4 Å². The van der Waals surface area contributed by atoms with Crippen LogP contribution in [0.2, 0.25) is 0 Å². The first-order valence-electron chi connectivity index (χ1n) is 7.08. The average Bonchev–Trinajstić information content (AvgIpc) is 2.72. The van der Waals surface area contributed by atoms with Crippen LogP contribution in [-0.4, -0.2) is 17.6 Å². The molecule has 2 aliphatic rings. The molecule has 2 atom stereocenters. The van der Waals surface area contributed by atoms with E-state index in [0.717, 1.165) is 25.7 Å². The summed E-state index contributed by atoms with van der Waals surface area (Å²) in [6.07, 6.45) is 3.64. The number of amides is 2. The average molecular weight is 271 g/mol. The minimum Gasteiger partial charge on any atom is -0.295 e. The second kappa shape index (κ2) is 4.85. The number of imide groups is 1. The first-order chi connectivity index (χ1) is 9.59. The fourth-order valence-electron chi connectivity index (χ4n) is 3.28. The van der Waals surface area contributed by atoms with E-state index in [2.05, 4.69) is 0 Å². The number of Topliss-reactive ketones (excluding diaryl/α,β-unsaturated/α-hetero) is 1. The van der Waals surface area contributed by atoms with Crippen molar-refractivity contribution in [2.24, 2.45) is 11.8 Å². The van der Waals surface area contributed by atoms with E-state index in [1.54, 1.807) is 24.3 Å². The van der Waals surface area contributed by atoms with Gasteiger partial charge in [0, 0.05) is 5.56 Å². The van der Waals surface area contributed by atoms with E-state index < -0.39 is 0 Å². The first-order valence-corrected chi connectivity index (χ1v) is 7.08. The van der Waals surface area contributed by atoms with Gasteiger partial charge in [0.25, 0.3) is 0 Å². The summed E-state index contributed by atoms with van der Waals surface area (Å²) in [4.78, 5) is 37.6. The maximum Gasteiger partial charge on any atom is 0.237 e. The van der Waals surface area contributed by atoms with E-state index in [9.17, 15) is 14.4 Å². The van der Waals surface area contributed by atoms with E-state index >= 15 is 0 Å². The molecule has 1 aromatic rings. The smallest absolute Gasteiger partial charge is 0.237 e. The van der Waals surface area contributed by atoms with Gasteiger partial charge < -0.3 is 0 Å². The van der Waals surface area contributed by atoms with Crippen molar-refractivity contribution >= 4 is 23.3 Å². The zero-order valence-corrected chi connectivity index (χ0v) is 11.5. The lowest BCUT2D eigenvalue weighted by Crippen LogP contribution is -2.30. The van der Waals surface area contributed by atoms with Gasteiger partial charge in [-0.15, -0.1) is 0 Å². The molecule has 0 spiro atoms. The van der Waals surface area contributed by atoms with Gasteiger partial charge >= 0.3 is 0 Å². The Hall–Kier alpha value is -1.97. The monoisotopic (exact) mass is 271 g/mol. The maximum atomic E-state index is 12.5. The molecular formula is C16H17NO3. The number of carbonyl (C=O) groups excluding carboxylic acids is 3. The van der Waals surface area contributed by atoms with Gasteiger partial charge in [0.05, 0.1) is 17.5 Å². The zero-order chi connectivity index (χ0) is 14.3. The molecule has 1 heterocycles. The van der Waals surface area contributed by atoms with Crippen molar-refractivity contribution < 1.29 is 14.4 Å². The summed E-state index contributed by atoms with van der Waals surface area (Å²) in [5, 5.41) is 0. The SMILES string of the molecule is CC(=O)c1cccc(N2C(=O)[C@H]3CCCC[C@H]3C2=O)c1. The van der Waals surface area contributed by atoms with E-state index in [0.29, 0.717) is 11.3 Å². The minimum atomic E-state index is -0.155. The highest BCUT2D eigenvalue weighted by Crippen LogP contribution is 2.40. The lowest BCUT2D eigenvalue weighted by Gasteiger charge is -2.19. The topological polar surface area (TPSA) is 54.5 Å². The fraction of sp³-hybridized carbons (Fsp3) is 0.438. The number of carbonyl (C=O) groups is 3. The van der Waals surface area contributed by atoms with Crippen molar-refractivity contribution in [2.75, 3.05) is 4.90 Å². The second-order valence-corrected chi connectivity index (χ2v) is 5.62. The predicted molar refractivity (Wildman–Crippen MR) is 74.4 cm³/mol. The summed E-state index contributed by atoms with van der Waals surface area (Å²) in [5.74, 6) is -0.571. The van der Waals surface area contributed by atoms with Gasteiger partial charge in [-0.3, -0.25) is 19.3 Å². The number of ketones is 1. The van der Waals surface area contributed by atoms with Crippen LogP contribution in [0.15, 0.2) is 24.3 Å². The Kier molecular flexibility index (Phi) is 3.16. The molecular weight excluding hydrogens is 254 g/mol. The van der Waals surface area contributed by atoms with Crippen molar-refractivity contribution in [3.05, 3.63) is 29.8 Å². The molecule has 3 rings (SSSR count). The molecule has 1 aromatic carbocycles. The van der Waals surface area contributed by atoms with E-state index in [4.69, 9.17) is 0 Å². The molecule has 4 nitrogen and oxygen atoms in total. The Morgan fingerprint density at radius 2 is 1.70 bits per heavy atom. The van der Waals surface area contributed by atoms with Crippen LogP contribution in [-0.2, 0) is 9.59 Å². The molecule has 1 aliphatic heterocycles. The van der Waals surface area contributed by atoms with Crippen LogP contribution in [0.5, 0.6) is 0 Å². The van der Waals surface area contributed by atoms with E-state index in [1.807, 2.05) is 0 Å². The number of nitrogens with zero attached hydrogens (tertiary/aromatic N) is 1. The lowest BCUT2D eigenvalue weighted by atomic mass is 9.81. The zero-order valence-electron chi connectivity index (χ0n) is 11.5. The third-order valence-corrected chi connectivity index (χ3v) is 4.35. The largest absolute Gasteiger partial charge is 0.295 e. The van der Waals surface area contributed by atoms with Crippen molar-refractivity contribution in [1.82, 2.24) is 0 Å². The molecule has 0 N–H and O–H groups in total. The fourth-order valence-corrected chi connectivity index (χ4v) is 3.28. The van der Waals surface area contributed by atoms with Gasteiger partial charge in [0.2, 0.25) is 11.8 Å². The van der Waals surface area contributed by atoms with Crippen LogP contribution in [0.3, 0.4) is 0 Å². The maximum absolute atomic E-state index is 12.5. The molecule has 0 radical (unpaired) electrons. The lowest BCUT2D eigenvalue weighted by molar-refractivity contribution is -0.122. The molecule has 104 valence electrons. The predicted octanol–water partition coefficient (Wildman–Crippen LogP) is 2.57. The molecule has 1 saturated heterocycles. The number of hydrogen-bond donors (Lipinski definition) is 0. The molecule has 1 saturated carbocycles. The molecule has 2 amide bonds. The van der Waals surface area contributed by atoms with Crippen LogP contribution in [0.4, 0.5) is 5.69 Å². The third kappa shape index (κ3) is 1.96. The Bertz CT molecular complexity index is 569. The van der Waals surface area contributed by atoms with Crippen molar-refractivity contribution in [2.45, 2.75) is 32.6 Å². The van der Waals surface area contributed by atoms with Crippen molar-refractivity contribution in [3.8, 4) is 0 Å². The minimum absolute atomic E-state index is 0.0663. The van der Waals surface area contributed by atoms with Crippen molar-refractivity contribution in [3.63, 3.8) is 0 Å². The van der Waals surface area contributed by atoms with Gasteiger partial charge in [0.1, 0.15) is 0 Å². The molecule has 0 bridgehead atoms. The third-order valence-electron chi connectivity index (χ3n) is 4.35. The first kappa shape index (κ1) is 13.0. The van der Waals surface area contributed by atoms with Gasteiger partial charge in [0.15, 0.2) is 5.78 Å². The van der Waals surface area contributed by atoms with Gasteiger partial charge in [-0.05, 0) is 31.9 Å². The van der Waals surface area contributed by atoms with Crippen LogP contribution in [0.1, 0.15) is 43.0 Å². The molecule has 1 aliphatic carbocycles. The van der Waals surface area contributed by atoms with Crippen LogP contribution in [0.25, 0.3) is 0 Å². The summed E-state index contributed by atoms with van der Waals surface area (Å²) < 4.78 is 0. The Morgan fingerprint density at radius 3 is 2.25 bits per heavy atom. The highest BCUT2D eigenvalue weighted by molar-refractivity contribution is 6.22. The number of benzene rings is 1. The van der Waals surface area contributed by atoms with Gasteiger partial charge in [-0.1, -0.05) is 25.0 Å². The highest BCUT2D eigenvalue weighted by atomic mass is 16.2.